The van der Waals surface area contributed by atoms with E-state index >= 15 is 0 Å². The average molecular weight is 323 g/mol. The van der Waals surface area contributed by atoms with Crippen LogP contribution in [0.3, 0.4) is 0 Å². The Morgan fingerprint density at radius 1 is 1.08 bits per heavy atom. The zero-order valence-electron chi connectivity index (χ0n) is 15.1. The van der Waals surface area contributed by atoms with Crippen molar-refractivity contribution in [2.45, 2.75) is 46.0 Å². The summed E-state index contributed by atoms with van der Waals surface area (Å²) in [7, 11) is 1.59. The predicted octanol–water partition coefficient (Wildman–Crippen LogP) is 4.37. The average Bonchev–Trinajstić information content (AvgIpc) is 2.54. The van der Waals surface area contributed by atoms with Gasteiger partial charge in [0.1, 0.15) is 7.11 Å². The molecule has 2 aromatic rings. The van der Waals surface area contributed by atoms with E-state index in [4.69, 9.17) is 4.84 Å². The maximum atomic E-state index is 5.03. The number of nitrogens with zero attached hydrogens (tertiary/aromatic N) is 3. The van der Waals surface area contributed by atoms with Crippen molar-refractivity contribution >= 4 is 5.71 Å². The molecular weight excluding hydrogens is 298 g/mol. The van der Waals surface area contributed by atoms with Crippen LogP contribution < -0.4 is 0 Å². The Morgan fingerprint density at radius 3 is 2.42 bits per heavy atom. The first-order valence-corrected chi connectivity index (χ1v) is 8.46. The van der Waals surface area contributed by atoms with Gasteiger partial charge < -0.3 is 4.84 Å². The third-order valence-electron chi connectivity index (χ3n) is 4.51. The fourth-order valence-electron chi connectivity index (χ4n) is 3.14. The van der Waals surface area contributed by atoms with E-state index in [1.165, 1.54) is 5.56 Å². The molecule has 0 saturated carbocycles. The molecule has 3 rings (SSSR count). The summed E-state index contributed by atoms with van der Waals surface area (Å²) >= 11 is 0. The number of oxime groups is 1. The van der Waals surface area contributed by atoms with Crippen molar-refractivity contribution in [2.24, 2.45) is 11.1 Å². The van der Waals surface area contributed by atoms with Crippen molar-refractivity contribution in [3.63, 3.8) is 0 Å². The van der Waals surface area contributed by atoms with Crippen LogP contribution in [0.4, 0.5) is 0 Å². The Bertz CT molecular complexity index is 757. The predicted molar refractivity (Wildman–Crippen MR) is 97.2 cm³/mol. The molecule has 1 heterocycles. The molecule has 0 N–H and O–H groups in total. The standard InChI is InChI=1S/C20H25N3O/c1-13-10-18-16(19(11-13)23-24-5)12-17(21-22-18)14-6-8-15(9-7-14)20(2,3)4/h6-9,12-13H,10-11H2,1-5H3/b23-19+. The van der Waals surface area contributed by atoms with Gasteiger partial charge in [-0.25, -0.2) is 0 Å². The fourth-order valence-corrected chi connectivity index (χ4v) is 3.14. The second kappa shape index (κ2) is 6.34. The van der Waals surface area contributed by atoms with Gasteiger partial charge in [-0.05, 0) is 35.8 Å². The van der Waals surface area contributed by atoms with E-state index in [-0.39, 0.29) is 5.41 Å². The van der Waals surface area contributed by atoms with Crippen molar-refractivity contribution in [2.75, 3.05) is 7.11 Å². The van der Waals surface area contributed by atoms with Crippen molar-refractivity contribution in [3.05, 3.63) is 47.2 Å². The second-order valence-electron chi connectivity index (χ2n) is 7.65. The van der Waals surface area contributed by atoms with Gasteiger partial charge in [0.25, 0.3) is 0 Å². The second-order valence-corrected chi connectivity index (χ2v) is 7.65. The Morgan fingerprint density at radius 2 is 1.79 bits per heavy atom. The van der Waals surface area contributed by atoms with E-state index in [9.17, 15) is 0 Å². The number of hydrogen-bond acceptors (Lipinski definition) is 4. The fraction of sp³-hybridized carbons (Fsp3) is 0.450. The van der Waals surface area contributed by atoms with Crippen molar-refractivity contribution in [1.82, 2.24) is 10.2 Å². The SMILES string of the molecule is CO/N=C1\CC(C)Cc2nnc(-c3ccc(C(C)(C)C)cc3)cc21. The van der Waals surface area contributed by atoms with Crippen molar-refractivity contribution in [1.29, 1.82) is 0 Å². The molecule has 1 aromatic carbocycles. The lowest BCUT2D eigenvalue weighted by atomic mass is 9.85. The van der Waals surface area contributed by atoms with Gasteiger partial charge in [0, 0.05) is 11.1 Å². The van der Waals surface area contributed by atoms with E-state index in [0.717, 1.165) is 41.1 Å². The first kappa shape index (κ1) is 16.6. The molecule has 0 bridgehead atoms. The normalized spacial score (nSPS) is 19.2. The van der Waals surface area contributed by atoms with Gasteiger partial charge in [0.05, 0.1) is 17.1 Å². The molecule has 4 heteroatoms. The summed E-state index contributed by atoms with van der Waals surface area (Å²) in [6.07, 6.45) is 1.85. The third kappa shape index (κ3) is 3.32. The summed E-state index contributed by atoms with van der Waals surface area (Å²) in [5.41, 5.74) is 6.47. The van der Waals surface area contributed by atoms with Gasteiger partial charge in [0.2, 0.25) is 0 Å². The topological polar surface area (TPSA) is 47.4 Å². The van der Waals surface area contributed by atoms with Crippen LogP contribution in [-0.4, -0.2) is 23.0 Å². The Labute approximate surface area is 144 Å². The minimum absolute atomic E-state index is 0.147. The van der Waals surface area contributed by atoms with Crippen LogP contribution in [0.25, 0.3) is 11.3 Å². The Hall–Kier alpha value is -2.23. The van der Waals surface area contributed by atoms with Gasteiger partial charge in [-0.3, -0.25) is 0 Å². The van der Waals surface area contributed by atoms with Crippen LogP contribution in [0.1, 0.15) is 50.9 Å². The minimum Gasteiger partial charge on any atom is -0.399 e. The van der Waals surface area contributed by atoms with Crippen LogP contribution in [0.15, 0.2) is 35.5 Å². The number of benzene rings is 1. The summed E-state index contributed by atoms with van der Waals surface area (Å²) in [5, 5.41) is 13.1. The Balaban J connectivity index is 1.99. The van der Waals surface area contributed by atoms with Crippen LogP contribution in [0, 0.1) is 5.92 Å². The molecule has 126 valence electrons. The maximum Gasteiger partial charge on any atom is 0.106 e. The smallest absolute Gasteiger partial charge is 0.106 e. The highest BCUT2D eigenvalue weighted by atomic mass is 16.6. The monoisotopic (exact) mass is 323 g/mol. The lowest BCUT2D eigenvalue weighted by Crippen LogP contribution is -2.21. The van der Waals surface area contributed by atoms with Gasteiger partial charge in [-0.2, -0.15) is 10.2 Å². The quantitative estimate of drug-likeness (QED) is 0.771. The highest BCUT2D eigenvalue weighted by Gasteiger charge is 2.24. The van der Waals surface area contributed by atoms with E-state index < -0.39 is 0 Å². The molecule has 4 nitrogen and oxygen atoms in total. The van der Waals surface area contributed by atoms with Gasteiger partial charge in [0.15, 0.2) is 0 Å². The molecule has 0 saturated heterocycles. The molecule has 1 aliphatic carbocycles. The van der Waals surface area contributed by atoms with E-state index in [1.54, 1.807) is 7.11 Å². The molecular formula is C20H25N3O. The molecule has 1 aliphatic rings. The highest BCUT2D eigenvalue weighted by Crippen LogP contribution is 2.29. The van der Waals surface area contributed by atoms with Crippen LogP contribution in [0.5, 0.6) is 0 Å². The van der Waals surface area contributed by atoms with Crippen LogP contribution in [0.2, 0.25) is 0 Å². The van der Waals surface area contributed by atoms with Gasteiger partial charge in [-0.1, -0.05) is 57.1 Å². The lowest BCUT2D eigenvalue weighted by Gasteiger charge is -2.22. The summed E-state index contributed by atoms with van der Waals surface area (Å²) < 4.78 is 0. The summed E-state index contributed by atoms with van der Waals surface area (Å²) in [6.45, 7) is 8.86. The van der Waals surface area contributed by atoms with Crippen LogP contribution in [-0.2, 0) is 16.7 Å². The zero-order chi connectivity index (χ0) is 17.3. The van der Waals surface area contributed by atoms with Crippen molar-refractivity contribution in [3.8, 4) is 11.3 Å². The van der Waals surface area contributed by atoms with E-state index in [0.29, 0.717) is 5.92 Å². The molecule has 0 radical (unpaired) electrons. The van der Waals surface area contributed by atoms with E-state index in [1.807, 2.05) is 0 Å². The maximum absolute atomic E-state index is 5.03. The van der Waals surface area contributed by atoms with E-state index in [2.05, 4.69) is 73.4 Å². The number of hydrogen-bond donors (Lipinski definition) is 0. The number of rotatable bonds is 2. The summed E-state index contributed by atoms with van der Waals surface area (Å²) in [4.78, 5) is 5.03. The zero-order valence-corrected chi connectivity index (χ0v) is 15.1. The lowest BCUT2D eigenvalue weighted by molar-refractivity contribution is 0.212. The highest BCUT2D eigenvalue weighted by molar-refractivity contribution is 6.02. The van der Waals surface area contributed by atoms with Crippen LogP contribution >= 0.6 is 0 Å². The third-order valence-corrected chi connectivity index (χ3v) is 4.51. The molecule has 24 heavy (non-hydrogen) atoms. The molecule has 0 spiro atoms. The van der Waals surface area contributed by atoms with Gasteiger partial charge >= 0.3 is 0 Å². The van der Waals surface area contributed by atoms with Gasteiger partial charge in [-0.15, -0.1) is 0 Å². The summed E-state index contributed by atoms with van der Waals surface area (Å²) in [6, 6.07) is 10.7. The molecule has 1 unspecified atom stereocenters. The molecule has 1 atom stereocenters. The largest absolute Gasteiger partial charge is 0.399 e. The molecule has 1 aromatic heterocycles. The number of aromatic nitrogens is 2. The Kier molecular flexibility index (Phi) is 4.39. The molecule has 0 aliphatic heterocycles. The first-order chi connectivity index (χ1) is 11.4. The summed E-state index contributed by atoms with van der Waals surface area (Å²) in [5.74, 6) is 0.512. The minimum atomic E-state index is 0.147. The van der Waals surface area contributed by atoms with Crippen molar-refractivity contribution < 1.29 is 4.84 Å². The first-order valence-electron chi connectivity index (χ1n) is 8.46. The number of fused-ring (bicyclic) bond motifs is 1. The molecule has 0 fully saturated rings. The molecule has 0 amide bonds.